The molecule has 0 bridgehead atoms. The van der Waals surface area contributed by atoms with Crippen molar-refractivity contribution < 1.29 is 9.52 Å². The van der Waals surface area contributed by atoms with Crippen molar-refractivity contribution >= 4 is 0 Å². The Kier molecular flexibility index (Phi) is 2.56. The summed E-state index contributed by atoms with van der Waals surface area (Å²) < 4.78 is 4.94. The number of aryl methyl sites for hydroxylation is 2. The van der Waals surface area contributed by atoms with Gasteiger partial charge in [0.05, 0.1) is 12.5 Å². The second-order valence-electron chi connectivity index (χ2n) is 3.64. The summed E-state index contributed by atoms with van der Waals surface area (Å²) in [5.41, 5.74) is 3.43. The van der Waals surface area contributed by atoms with E-state index in [0.717, 1.165) is 22.5 Å². The van der Waals surface area contributed by atoms with Crippen LogP contribution in [-0.2, 0) is 0 Å². The first-order chi connectivity index (χ1) is 7.16. The smallest absolute Gasteiger partial charge is 0.107 e. The van der Waals surface area contributed by atoms with E-state index in [9.17, 15) is 5.11 Å². The van der Waals surface area contributed by atoms with Crippen molar-refractivity contribution in [1.29, 1.82) is 0 Å². The van der Waals surface area contributed by atoms with Crippen LogP contribution in [0.3, 0.4) is 0 Å². The topological polar surface area (TPSA) is 46.3 Å². The van der Waals surface area contributed by atoms with Crippen LogP contribution in [0, 0.1) is 13.8 Å². The molecule has 0 radical (unpaired) electrons. The molecule has 3 nitrogen and oxygen atoms in total. The van der Waals surface area contributed by atoms with Gasteiger partial charge < -0.3 is 9.52 Å². The lowest BCUT2D eigenvalue weighted by Gasteiger charge is -2.10. The van der Waals surface area contributed by atoms with E-state index in [1.165, 1.54) is 0 Å². The second kappa shape index (κ2) is 3.87. The molecule has 15 heavy (non-hydrogen) atoms. The number of nitrogens with zero attached hydrogens (tertiary/aromatic N) is 1. The van der Waals surface area contributed by atoms with E-state index in [0.29, 0.717) is 0 Å². The number of hydrogen-bond donors (Lipinski definition) is 1. The molecule has 2 aromatic heterocycles. The maximum atomic E-state index is 10.0. The van der Waals surface area contributed by atoms with Crippen LogP contribution >= 0.6 is 0 Å². The van der Waals surface area contributed by atoms with E-state index in [1.54, 1.807) is 18.6 Å². The van der Waals surface area contributed by atoms with Gasteiger partial charge in [0, 0.05) is 17.0 Å². The van der Waals surface area contributed by atoms with Gasteiger partial charge in [-0.15, -0.1) is 0 Å². The van der Waals surface area contributed by atoms with Crippen molar-refractivity contribution in [2.45, 2.75) is 20.0 Å². The SMILES string of the molecule is Cc1cc(C(O)c2ccoc2)cc(C)n1. The predicted octanol–water partition coefficient (Wildman–Crippen LogP) is 2.37. The zero-order valence-corrected chi connectivity index (χ0v) is 8.77. The molecule has 0 aliphatic rings. The molecule has 0 aromatic carbocycles. The van der Waals surface area contributed by atoms with Crippen LogP contribution in [0.1, 0.15) is 28.6 Å². The van der Waals surface area contributed by atoms with Gasteiger partial charge in [-0.3, -0.25) is 4.98 Å². The summed E-state index contributed by atoms with van der Waals surface area (Å²) >= 11 is 0. The fraction of sp³-hybridized carbons (Fsp3) is 0.250. The van der Waals surface area contributed by atoms with E-state index in [2.05, 4.69) is 4.98 Å². The molecule has 2 aromatic rings. The number of rotatable bonds is 2. The van der Waals surface area contributed by atoms with Crippen LogP contribution in [0.15, 0.2) is 35.1 Å². The highest BCUT2D eigenvalue weighted by molar-refractivity contribution is 5.29. The average Bonchev–Trinajstić information content (AvgIpc) is 2.67. The zero-order valence-electron chi connectivity index (χ0n) is 8.77. The zero-order chi connectivity index (χ0) is 10.8. The molecule has 2 rings (SSSR count). The second-order valence-corrected chi connectivity index (χ2v) is 3.64. The summed E-state index contributed by atoms with van der Waals surface area (Å²) in [6.45, 7) is 3.83. The van der Waals surface area contributed by atoms with Gasteiger partial charge in [0.2, 0.25) is 0 Å². The Bertz CT molecular complexity index is 428. The minimum absolute atomic E-state index is 0.635. The Morgan fingerprint density at radius 3 is 2.40 bits per heavy atom. The number of hydrogen-bond acceptors (Lipinski definition) is 3. The summed E-state index contributed by atoms with van der Waals surface area (Å²) in [5.74, 6) is 0. The number of pyridine rings is 1. The Morgan fingerprint density at radius 2 is 1.87 bits per heavy atom. The number of aliphatic hydroxyl groups excluding tert-OH is 1. The fourth-order valence-corrected chi connectivity index (χ4v) is 1.65. The van der Waals surface area contributed by atoms with Gasteiger partial charge in [-0.2, -0.15) is 0 Å². The van der Waals surface area contributed by atoms with Crippen molar-refractivity contribution in [2.24, 2.45) is 0 Å². The van der Waals surface area contributed by atoms with Gasteiger partial charge in [0.1, 0.15) is 6.10 Å². The third-order valence-electron chi connectivity index (χ3n) is 2.28. The molecular formula is C12H13NO2. The van der Waals surface area contributed by atoms with E-state index in [1.807, 2.05) is 26.0 Å². The molecule has 0 amide bonds. The highest BCUT2D eigenvalue weighted by Gasteiger charge is 2.12. The van der Waals surface area contributed by atoms with Crippen molar-refractivity contribution in [1.82, 2.24) is 4.98 Å². The van der Waals surface area contributed by atoms with E-state index >= 15 is 0 Å². The standard InChI is InChI=1S/C12H13NO2/c1-8-5-11(6-9(2)13-8)12(14)10-3-4-15-7-10/h3-7,12,14H,1-2H3. The third-order valence-corrected chi connectivity index (χ3v) is 2.28. The Balaban J connectivity index is 2.37. The molecule has 1 N–H and O–H groups in total. The normalized spacial score (nSPS) is 12.7. The molecule has 0 aliphatic heterocycles. The van der Waals surface area contributed by atoms with Gasteiger partial charge in [-0.05, 0) is 37.6 Å². The van der Waals surface area contributed by atoms with Crippen LogP contribution in [0.5, 0.6) is 0 Å². The predicted molar refractivity (Wildman–Crippen MR) is 56.5 cm³/mol. The monoisotopic (exact) mass is 203 g/mol. The van der Waals surface area contributed by atoms with Crippen molar-refractivity contribution in [2.75, 3.05) is 0 Å². The third kappa shape index (κ3) is 2.07. The van der Waals surface area contributed by atoms with Crippen LogP contribution in [0.25, 0.3) is 0 Å². The molecular weight excluding hydrogens is 190 g/mol. The van der Waals surface area contributed by atoms with Crippen molar-refractivity contribution in [3.63, 3.8) is 0 Å². The lowest BCUT2D eigenvalue weighted by molar-refractivity contribution is 0.219. The van der Waals surface area contributed by atoms with Crippen molar-refractivity contribution in [3.05, 3.63) is 53.2 Å². The first kappa shape index (κ1) is 9.93. The Labute approximate surface area is 88.4 Å². The number of aliphatic hydroxyl groups is 1. The Morgan fingerprint density at radius 1 is 1.20 bits per heavy atom. The molecule has 2 heterocycles. The van der Waals surface area contributed by atoms with Crippen LogP contribution in [0.2, 0.25) is 0 Å². The first-order valence-electron chi connectivity index (χ1n) is 4.82. The van der Waals surface area contributed by atoms with Crippen molar-refractivity contribution in [3.8, 4) is 0 Å². The van der Waals surface area contributed by atoms with E-state index < -0.39 is 6.10 Å². The van der Waals surface area contributed by atoms with Crippen LogP contribution in [0.4, 0.5) is 0 Å². The molecule has 0 saturated carbocycles. The first-order valence-corrected chi connectivity index (χ1v) is 4.82. The molecule has 78 valence electrons. The highest BCUT2D eigenvalue weighted by atomic mass is 16.3. The fourth-order valence-electron chi connectivity index (χ4n) is 1.65. The summed E-state index contributed by atoms with van der Waals surface area (Å²) in [6, 6.07) is 5.52. The van der Waals surface area contributed by atoms with Gasteiger partial charge in [-0.25, -0.2) is 0 Å². The largest absolute Gasteiger partial charge is 0.472 e. The quantitative estimate of drug-likeness (QED) is 0.815. The van der Waals surface area contributed by atoms with Gasteiger partial charge >= 0.3 is 0 Å². The molecule has 0 fully saturated rings. The van der Waals surface area contributed by atoms with Gasteiger partial charge in [0.15, 0.2) is 0 Å². The molecule has 0 spiro atoms. The maximum Gasteiger partial charge on any atom is 0.107 e. The lowest BCUT2D eigenvalue weighted by atomic mass is 10.0. The molecule has 0 saturated heterocycles. The van der Waals surface area contributed by atoms with Gasteiger partial charge in [-0.1, -0.05) is 0 Å². The molecule has 1 unspecified atom stereocenters. The molecule has 1 atom stereocenters. The highest BCUT2D eigenvalue weighted by Crippen LogP contribution is 2.22. The summed E-state index contributed by atoms with van der Waals surface area (Å²) in [5, 5.41) is 10.0. The van der Waals surface area contributed by atoms with Crippen LogP contribution < -0.4 is 0 Å². The van der Waals surface area contributed by atoms with E-state index in [-0.39, 0.29) is 0 Å². The van der Waals surface area contributed by atoms with E-state index in [4.69, 9.17) is 4.42 Å². The Hall–Kier alpha value is -1.61. The minimum Gasteiger partial charge on any atom is -0.472 e. The minimum atomic E-state index is -0.635. The summed E-state index contributed by atoms with van der Waals surface area (Å²) in [7, 11) is 0. The average molecular weight is 203 g/mol. The van der Waals surface area contributed by atoms with Crippen LogP contribution in [-0.4, -0.2) is 10.1 Å². The molecule has 3 heteroatoms. The molecule has 0 aliphatic carbocycles. The maximum absolute atomic E-state index is 10.0. The summed E-state index contributed by atoms with van der Waals surface area (Å²) in [4.78, 5) is 4.26. The summed E-state index contributed by atoms with van der Waals surface area (Å²) in [6.07, 6.45) is 2.47. The lowest BCUT2D eigenvalue weighted by Crippen LogP contribution is -2.00. The number of aromatic nitrogens is 1. The van der Waals surface area contributed by atoms with Gasteiger partial charge in [0.25, 0.3) is 0 Å². The number of furan rings is 1.